The molecule has 2 nitrogen and oxygen atoms in total. The molecule has 0 amide bonds. The summed E-state index contributed by atoms with van der Waals surface area (Å²) in [6.07, 6.45) is 0.658. The zero-order valence-corrected chi connectivity index (χ0v) is 16.0. The number of hydrogen-bond donors (Lipinski definition) is 2. The topological polar surface area (TPSA) is 40.5 Å². The summed E-state index contributed by atoms with van der Waals surface area (Å²) in [7, 11) is 0. The van der Waals surface area contributed by atoms with E-state index in [9.17, 15) is 10.2 Å². The summed E-state index contributed by atoms with van der Waals surface area (Å²) in [5, 5.41) is 21.0. The Labute approximate surface area is 146 Å². The van der Waals surface area contributed by atoms with Crippen LogP contribution in [0.15, 0.2) is 30.3 Å². The molecule has 2 heteroatoms. The number of aromatic hydroxyl groups is 2. The summed E-state index contributed by atoms with van der Waals surface area (Å²) in [5.74, 6) is 0.727. The maximum absolute atomic E-state index is 10.8. The number of phenols is 2. The Morgan fingerprint density at radius 1 is 0.833 bits per heavy atom. The first-order valence-corrected chi connectivity index (χ1v) is 8.55. The van der Waals surface area contributed by atoms with Crippen LogP contribution < -0.4 is 0 Å². The second kappa shape index (κ2) is 6.16. The average molecular weight is 326 g/mol. The summed E-state index contributed by atoms with van der Waals surface area (Å²) in [5.41, 5.74) is 4.77. The van der Waals surface area contributed by atoms with Gasteiger partial charge in [-0.15, -0.1) is 0 Å². The van der Waals surface area contributed by atoms with Crippen LogP contribution in [0.5, 0.6) is 11.5 Å². The van der Waals surface area contributed by atoms with E-state index in [1.54, 1.807) is 6.07 Å². The smallest absolute Gasteiger partial charge is 0.123 e. The number of aryl methyl sites for hydroxylation is 1. The van der Waals surface area contributed by atoms with Gasteiger partial charge in [0.05, 0.1) is 0 Å². The molecule has 0 bridgehead atoms. The van der Waals surface area contributed by atoms with E-state index in [1.807, 2.05) is 19.1 Å². The largest absolute Gasteiger partial charge is 0.508 e. The van der Waals surface area contributed by atoms with Crippen molar-refractivity contribution in [3.05, 3.63) is 58.1 Å². The van der Waals surface area contributed by atoms with Gasteiger partial charge in [-0.3, -0.25) is 0 Å². The Kier molecular flexibility index (Phi) is 4.72. The highest BCUT2D eigenvalue weighted by molar-refractivity contribution is 5.52. The lowest BCUT2D eigenvalue weighted by molar-refractivity contribution is 0.422. The van der Waals surface area contributed by atoms with Crippen LogP contribution in [0.3, 0.4) is 0 Å². The lowest BCUT2D eigenvalue weighted by Crippen LogP contribution is -2.18. The van der Waals surface area contributed by atoms with Crippen LogP contribution in [-0.2, 0) is 17.3 Å². The molecule has 2 rings (SSSR count). The van der Waals surface area contributed by atoms with E-state index in [4.69, 9.17) is 0 Å². The Balaban J connectivity index is 2.63. The molecule has 0 atom stereocenters. The number of hydrogen-bond acceptors (Lipinski definition) is 2. The SMILES string of the molecule is Cc1cccc(O)c1Cc1cc(C(C)(C)C)c(O)c(C(C)(C)C)c1. The minimum absolute atomic E-state index is 0.145. The normalized spacial score (nSPS) is 12.5. The first kappa shape index (κ1) is 18.4. The van der Waals surface area contributed by atoms with Gasteiger partial charge in [0.15, 0.2) is 0 Å². The van der Waals surface area contributed by atoms with E-state index in [1.165, 1.54) is 0 Å². The van der Waals surface area contributed by atoms with E-state index >= 15 is 0 Å². The van der Waals surface area contributed by atoms with Gasteiger partial charge in [-0.2, -0.15) is 0 Å². The van der Waals surface area contributed by atoms with Crippen LogP contribution in [-0.4, -0.2) is 10.2 Å². The number of benzene rings is 2. The highest BCUT2D eigenvalue weighted by atomic mass is 16.3. The first-order chi connectivity index (χ1) is 10.9. The van der Waals surface area contributed by atoms with Crippen molar-refractivity contribution in [3.8, 4) is 11.5 Å². The monoisotopic (exact) mass is 326 g/mol. The van der Waals surface area contributed by atoms with Gasteiger partial charge < -0.3 is 10.2 Å². The Hall–Kier alpha value is -1.96. The molecule has 130 valence electrons. The fourth-order valence-electron chi connectivity index (χ4n) is 3.06. The molecule has 2 aromatic rings. The van der Waals surface area contributed by atoms with Crippen LogP contribution in [0, 0.1) is 6.92 Å². The number of rotatable bonds is 2. The lowest BCUT2D eigenvalue weighted by atomic mass is 9.78. The van der Waals surface area contributed by atoms with Crippen LogP contribution >= 0.6 is 0 Å². The molecule has 0 radical (unpaired) electrons. The molecule has 24 heavy (non-hydrogen) atoms. The van der Waals surface area contributed by atoms with Crippen molar-refractivity contribution < 1.29 is 10.2 Å². The van der Waals surface area contributed by atoms with E-state index in [2.05, 4.69) is 53.7 Å². The fourth-order valence-corrected chi connectivity index (χ4v) is 3.06. The van der Waals surface area contributed by atoms with Gasteiger partial charge in [0.25, 0.3) is 0 Å². The van der Waals surface area contributed by atoms with E-state index in [0.717, 1.165) is 27.8 Å². The molecule has 0 aromatic heterocycles. The van der Waals surface area contributed by atoms with Crippen LogP contribution in [0.1, 0.15) is 69.4 Å². The molecule has 2 aromatic carbocycles. The first-order valence-electron chi connectivity index (χ1n) is 8.55. The Morgan fingerprint density at radius 3 is 1.75 bits per heavy atom. The summed E-state index contributed by atoms with van der Waals surface area (Å²) in [6.45, 7) is 14.7. The van der Waals surface area contributed by atoms with Crippen molar-refractivity contribution in [2.24, 2.45) is 0 Å². The van der Waals surface area contributed by atoms with Crippen molar-refractivity contribution >= 4 is 0 Å². The zero-order valence-electron chi connectivity index (χ0n) is 16.0. The zero-order chi connectivity index (χ0) is 18.3. The summed E-state index contributed by atoms with van der Waals surface area (Å²) in [6, 6.07) is 9.78. The third-order valence-electron chi connectivity index (χ3n) is 4.55. The summed E-state index contributed by atoms with van der Waals surface area (Å²) < 4.78 is 0. The van der Waals surface area contributed by atoms with Crippen LogP contribution in [0.4, 0.5) is 0 Å². The quantitative estimate of drug-likeness (QED) is 0.755. The Morgan fingerprint density at radius 2 is 1.33 bits per heavy atom. The van der Waals surface area contributed by atoms with Gasteiger partial charge in [0.2, 0.25) is 0 Å². The molecule has 0 saturated heterocycles. The van der Waals surface area contributed by atoms with Gasteiger partial charge in [0.1, 0.15) is 11.5 Å². The maximum atomic E-state index is 10.8. The molecule has 2 N–H and O–H groups in total. The average Bonchev–Trinajstić information content (AvgIpc) is 2.42. The molecule has 0 aliphatic heterocycles. The standard InChI is InChI=1S/C22H30O2/c1-14-9-8-10-19(23)16(14)11-15-12-17(21(2,3)4)20(24)18(13-15)22(5,6)7/h8-10,12-13,23-24H,11H2,1-7H3. The second-order valence-corrected chi connectivity index (χ2v) is 8.79. The highest BCUT2D eigenvalue weighted by Gasteiger charge is 2.26. The molecule has 0 saturated carbocycles. The molecule has 0 spiro atoms. The summed E-state index contributed by atoms with van der Waals surface area (Å²) >= 11 is 0. The van der Waals surface area contributed by atoms with Gasteiger partial charge in [-0.05, 0) is 46.1 Å². The molecular weight excluding hydrogens is 296 g/mol. The van der Waals surface area contributed by atoms with Gasteiger partial charge in [-0.1, -0.05) is 65.8 Å². The minimum atomic E-state index is -0.145. The summed E-state index contributed by atoms with van der Waals surface area (Å²) in [4.78, 5) is 0. The molecular formula is C22H30O2. The molecule has 0 aliphatic rings. The van der Waals surface area contributed by atoms with E-state index < -0.39 is 0 Å². The maximum Gasteiger partial charge on any atom is 0.123 e. The number of phenolic OH excluding ortho intramolecular Hbond substituents is 2. The van der Waals surface area contributed by atoms with Gasteiger partial charge in [-0.25, -0.2) is 0 Å². The predicted molar refractivity (Wildman–Crippen MR) is 101 cm³/mol. The van der Waals surface area contributed by atoms with Crippen molar-refractivity contribution in [3.63, 3.8) is 0 Å². The third kappa shape index (κ3) is 3.75. The van der Waals surface area contributed by atoms with Crippen LogP contribution in [0.25, 0.3) is 0 Å². The van der Waals surface area contributed by atoms with Crippen molar-refractivity contribution in [1.29, 1.82) is 0 Å². The van der Waals surface area contributed by atoms with Crippen molar-refractivity contribution in [2.75, 3.05) is 0 Å². The van der Waals surface area contributed by atoms with E-state index in [-0.39, 0.29) is 10.8 Å². The molecule has 0 unspecified atom stereocenters. The van der Waals surface area contributed by atoms with E-state index in [0.29, 0.717) is 17.9 Å². The minimum Gasteiger partial charge on any atom is -0.508 e. The third-order valence-corrected chi connectivity index (χ3v) is 4.55. The van der Waals surface area contributed by atoms with Gasteiger partial charge >= 0.3 is 0 Å². The predicted octanol–water partition coefficient (Wildman–Crippen LogP) is 5.59. The Bertz CT molecular complexity index is 688. The lowest BCUT2D eigenvalue weighted by Gasteiger charge is -2.28. The van der Waals surface area contributed by atoms with Gasteiger partial charge in [0, 0.05) is 12.0 Å². The second-order valence-electron chi connectivity index (χ2n) is 8.79. The van der Waals surface area contributed by atoms with Crippen molar-refractivity contribution in [2.45, 2.75) is 65.7 Å². The van der Waals surface area contributed by atoms with Crippen LogP contribution in [0.2, 0.25) is 0 Å². The molecule has 0 fully saturated rings. The fraction of sp³-hybridized carbons (Fsp3) is 0.455. The molecule has 0 heterocycles. The molecule has 0 aliphatic carbocycles. The van der Waals surface area contributed by atoms with Crippen molar-refractivity contribution in [1.82, 2.24) is 0 Å². The highest BCUT2D eigenvalue weighted by Crippen LogP contribution is 2.40.